The maximum atomic E-state index is 12.5. The third kappa shape index (κ3) is 4.04. The lowest BCUT2D eigenvalue weighted by Gasteiger charge is -2.32. The zero-order chi connectivity index (χ0) is 14.6. The van der Waals surface area contributed by atoms with Crippen LogP contribution >= 0.6 is 0 Å². The van der Waals surface area contributed by atoms with Gasteiger partial charge in [-0.2, -0.15) is 13.2 Å². The summed E-state index contributed by atoms with van der Waals surface area (Å²) in [5.74, 6) is -0.0305. The third-order valence-electron chi connectivity index (χ3n) is 3.10. The second-order valence-electron chi connectivity index (χ2n) is 4.53. The van der Waals surface area contributed by atoms with Crippen LogP contribution in [0.25, 0.3) is 0 Å². The van der Waals surface area contributed by atoms with Gasteiger partial charge in [-0.1, -0.05) is 6.92 Å². The van der Waals surface area contributed by atoms with Crippen molar-refractivity contribution in [2.75, 3.05) is 38.1 Å². The second-order valence-corrected chi connectivity index (χ2v) is 4.53. The van der Waals surface area contributed by atoms with Crippen LogP contribution < -0.4 is 5.32 Å². The Hall–Kier alpha value is -1.41. The fourth-order valence-electron chi connectivity index (χ4n) is 2.00. The molecule has 1 aliphatic rings. The smallest absolute Gasteiger partial charge is 0.374 e. The largest absolute Gasteiger partial charge is 0.433 e. The Morgan fingerprint density at radius 3 is 3.00 bits per heavy atom. The standard InChI is InChI=1S/C12H17F3N4O/c1-2-19-5-6-20-9(8-19)7-17-11-16-4-3-10(18-11)12(13,14)15/h3-4,9H,2,5-8H2,1H3,(H,16,17,18)/t9-/m1/s1. The molecule has 1 saturated heterocycles. The highest BCUT2D eigenvalue weighted by atomic mass is 19.4. The molecule has 0 aliphatic carbocycles. The van der Waals surface area contributed by atoms with Crippen LogP contribution in [0.5, 0.6) is 0 Å². The molecule has 2 rings (SSSR count). The van der Waals surface area contributed by atoms with Crippen molar-refractivity contribution in [1.82, 2.24) is 14.9 Å². The van der Waals surface area contributed by atoms with Crippen LogP contribution in [-0.2, 0) is 10.9 Å². The van der Waals surface area contributed by atoms with Gasteiger partial charge < -0.3 is 10.1 Å². The molecule has 1 N–H and O–H groups in total. The van der Waals surface area contributed by atoms with Gasteiger partial charge >= 0.3 is 6.18 Å². The fourth-order valence-corrected chi connectivity index (χ4v) is 2.00. The summed E-state index contributed by atoms with van der Waals surface area (Å²) in [6.07, 6.45) is -3.43. The highest BCUT2D eigenvalue weighted by Gasteiger charge is 2.32. The number of rotatable bonds is 4. The van der Waals surface area contributed by atoms with Gasteiger partial charge in [0.2, 0.25) is 5.95 Å². The lowest BCUT2D eigenvalue weighted by molar-refractivity contribution is -0.141. The van der Waals surface area contributed by atoms with Crippen molar-refractivity contribution in [1.29, 1.82) is 0 Å². The van der Waals surface area contributed by atoms with E-state index in [1.807, 2.05) is 0 Å². The fraction of sp³-hybridized carbons (Fsp3) is 0.667. The van der Waals surface area contributed by atoms with E-state index in [-0.39, 0.29) is 12.1 Å². The summed E-state index contributed by atoms with van der Waals surface area (Å²) in [6, 6.07) is 0.848. The lowest BCUT2D eigenvalue weighted by atomic mass is 10.2. The first-order chi connectivity index (χ1) is 9.49. The van der Waals surface area contributed by atoms with Gasteiger partial charge in [-0.05, 0) is 12.6 Å². The van der Waals surface area contributed by atoms with Gasteiger partial charge in [0, 0.05) is 25.8 Å². The summed E-state index contributed by atoms with van der Waals surface area (Å²) in [5, 5.41) is 2.80. The number of hydrogen-bond acceptors (Lipinski definition) is 5. The van der Waals surface area contributed by atoms with Gasteiger partial charge in [-0.15, -0.1) is 0 Å². The molecule has 112 valence electrons. The predicted molar refractivity (Wildman–Crippen MR) is 67.4 cm³/mol. The molecule has 2 heterocycles. The van der Waals surface area contributed by atoms with E-state index in [2.05, 4.69) is 27.1 Å². The van der Waals surface area contributed by atoms with Crippen molar-refractivity contribution in [3.05, 3.63) is 18.0 Å². The molecular weight excluding hydrogens is 273 g/mol. The van der Waals surface area contributed by atoms with E-state index in [0.717, 1.165) is 31.9 Å². The molecule has 8 heteroatoms. The maximum absolute atomic E-state index is 12.5. The molecule has 0 amide bonds. The normalized spacial score (nSPS) is 20.9. The maximum Gasteiger partial charge on any atom is 0.433 e. The number of nitrogens with zero attached hydrogens (tertiary/aromatic N) is 3. The number of anilines is 1. The average molecular weight is 290 g/mol. The molecule has 0 saturated carbocycles. The Morgan fingerprint density at radius 2 is 2.30 bits per heavy atom. The van der Waals surface area contributed by atoms with E-state index < -0.39 is 11.9 Å². The Morgan fingerprint density at radius 1 is 1.50 bits per heavy atom. The van der Waals surface area contributed by atoms with Crippen molar-refractivity contribution < 1.29 is 17.9 Å². The molecule has 0 unspecified atom stereocenters. The number of likely N-dealkylation sites (N-methyl/N-ethyl adjacent to an activating group) is 1. The Balaban J connectivity index is 1.91. The number of ether oxygens (including phenoxy) is 1. The van der Waals surface area contributed by atoms with Gasteiger partial charge in [0.05, 0.1) is 12.7 Å². The van der Waals surface area contributed by atoms with E-state index in [1.54, 1.807) is 0 Å². The van der Waals surface area contributed by atoms with Crippen LogP contribution in [0.15, 0.2) is 12.3 Å². The topological polar surface area (TPSA) is 50.3 Å². The van der Waals surface area contributed by atoms with E-state index in [9.17, 15) is 13.2 Å². The Kier molecular flexibility index (Phi) is 4.77. The molecular formula is C12H17F3N4O. The SMILES string of the molecule is CCN1CCO[C@H](CNc2nccc(C(F)(F)F)n2)C1. The molecule has 1 atom stereocenters. The molecule has 0 aromatic carbocycles. The monoisotopic (exact) mass is 290 g/mol. The van der Waals surface area contributed by atoms with Crippen LogP contribution in [0.1, 0.15) is 12.6 Å². The quantitative estimate of drug-likeness (QED) is 0.913. The summed E-state index contributed by atoms with van der Waals surface area (Å²) >= 11 is 0. The third-order valence-corrected chi connectivity index (χ3v) is 3.10. The second kappa shape index (κ2) is 6.36. The van der Waals surface area contributed by atoms with Crippen molar-refractivity contribution >= 4 is 5.95 Å². The van der Waals surface area contributed by atoms with E-state index >= 15 is 0 Å². The highest BCUT2D eigenvalue weighted by molar-refractivity contribution is 5.26. The van der Waals surface area contributed by atoms with Gasteiger partial charge in [0.25, 0.3) is 0 Å². The Labute approximate surface area is 115 Å². The molecule has 0 bridgehead atoms. The van der Waals surface area contributed by atoms with E-state index in [0.29, 0.717) is 13.2 Å². The van der Waals surface area contributed by atoms with Crippen LogP contribution in [0.4, 0.5) is 19.1 Å². The Bertz CT molecular complexity index is 441. The van der Waals surface area contributed by atoms with Crippen LogP contribution in [0.2, 0.25) is 0 Å². The van der Waals surface area contributed by atoms with Crippen LogP contribution in [0, 0.1) is 0 Å². The summed E-state index contributed by atoms with van der Waals surface area (Å²) < 4.78 is 43.1. The molecule has 0 radical (unpaired) electrons. The molecule has 1 aromatic rings. The number of hydrogen-bond donors (Lipinski definition) is 1. The molecule has 5 nitrogen and oxygen atoms in total. The van der Waals surface area contributed by atoms with E-state index in [4.69, 9.17) is 4.74 Å². The van der Waals surface area contributed by atoms with Gasteiger partial charge in [-0.25, -0.2) is 9.97 Å². The predicted octanol–water partition coefficient (Wildman–Crippen LogP) is 1.63. The summed E-state index contributed by atoms with van der Waals surface area (Å²) in [7, 11) is 0. The first-order valence-corrected chi connectivity index (χ1v) is 6.47. The first kappa shape index (κ1) is 15.0. The van der Waals surface area contributed by atoms with Gasteiger partial charge in [0.15, 0.2) is 0 Å². The number of nitrogens with one attached hydrogen (secondary N) is 1. The molecule has 1 aromatic heterocycles. The van der Waals surface area contributed by atoms with Crippen LogP contribution in [0.3, 0.4) is 0 Å². The molecule has 0 spiro atoms. The number of morpholine rings is 1. The minimum Gasteiger partial charge on any atom is -0.374 e. The average Bonchev–Trinajstić information content (AvgIpc) is 2.45. The summed E-state index contributed by atoms with van der Waals surface area (Å²) in [4.78, 5) is 9.46. The highest BCUT2D eigenvalue weighted by Crippen LogP contribution is 2.27. The van der Waals surface area contributed by atoms with Gasteiger partial charge in [-0.3, -0.25) is 4.90 Å². The molecule has 1 aliphatic heterocycles. The van der Waals surface area contributed by atoms with Crippen molar-refractivity contribution in [3.63, 3.8) is 0 Å². The van der Waals surface area contributed by atoms with E-state index in [1.165, 1.54) is 0 Å². The minimum atomic E-state index is -4.46. The lowest BCUT2D eigenvalue weighted by Crippen LogP contribution is -2.45. The minimum absolute atomic E-state index is 0.0305. The number of alkyl halides is 3. The zero-order valence-corrected chi connectivity index (χ0v) is 11.2. The summed E-state index contributed by atoms with van der Waals surface area (Å²) in [5.41, 5.74) is -0.949. The summed E-state index contributed by atoms with van der Waals surface area (Å²) in [6.45, 7) is 5.64. The van der Waals surface area contributed by atoms with Crippen molar-refractivity contribution in [3.8, 4) is 0 Å². The first-order valence-electron chi connectivity index (χ1n) is 6.47. The van der Waals surface area contributed by atoms with Crippen LogP contribution in [-0.4, -0.2) is 53.8 Å². The number of aromatic nitrogens is 2. The van der Waals surface area contributed by atoms with Crippen molar-refractivity contribution in [2.45, 2.75) is 19.2 Å². The molecule has 1 fully saturated rings. The zero-order valence-electron chi connectivity index (χ0n) is 11.2. The molecule has 20 heavy (non-hydrogen) atoms. The van der Waals surface area contributed by atoms with Crippen molar-refractivity contribution in [2.24, 2.45) is 0 Å². The van der Waals surface area contributed by atoms with Gasteiger partial charge in [0.1, 0.15) is 5.69 Å². The number of halogens is 3.